The van der Waals surface area contributed by atoms with Crippen molar-refractivity contribution >= 4 is 11.9 Å². The number of amides is 1. The van der Waals surface area contributed by atoms with Crippen LogP contribution >= 0.6 is 0 Å². The van der Waals surface area contributed by atoms with Gasteiger partial charge in [-0.3, -0.25) is 4.79 Å². The third-order valence-corrected chi connectivity index (χ3v) is 3.36. The van der Waals surface area contributed by atoms with E-state index < -0.39 is 5.97 Å². The molecule has 1 fully saturated rings. The standard InChI is InChI=1S/C14H18N2O3/c1-10-5-4-8-16(9-10)13(17)11-6-3-7-15-12(11)14(18)19-2/h3,6-7,10H,4-5,8-9H2,1-2H3. The summed E-state index contributed by atoms with van der Waals surface area (Å²) in [5.41, 5.74) is 0.414. The highest BCUT2D eigenvalue weighted by atomic mass is 16.5. The maximum Gasteiger partial charge on any atom is 0.357 e. The van der Waals surface area contributed by atoms with Crippen LogP contribution in [0.15, 0.2) is 18.3 Å². The van der Waals surface area contributed by atoms with Crippen molar-refractivity contribution in [2.75, 3.05) is 20.2 Å². The molecule has 0 aromatic carbocycles. The quantitative estimate of drug-likeness (QED) is 0.762. The van der Waals surface area contributed by atoms with Crippen molar-refractivity contribution in [3.63, 3.8) is 0 Å². The van der Waals surface area contributed by atoms with Gasteiger partial charge >= 0.3 is 5.97 Å². The van der Waals surface area contributed by atoms with Crippen molar-refractivity contribution in [1.29, 1.82) is 0 Å². The molecule has 2 rings (SSSR count). The third kappa shape index (κ3) is 2.92. The van der Waals surface area contributed by atoms with Crippen LogP contribution in [-0.4, -0.2) is 42.0 Å². The Bertz CT molecular complexity index is 487. The largest absolute Gasteiger partial charge is 0.464 e. The van der Waals surface area contributed by atoms with Crippen LogP contribution in [0.5, 0.6) is 0 Å². The van der Waals surface area contributed by atoms with E-state index in [4.69, 9.17) is 0 Å². The van der Waals surface area contributed by atoms with E-state index in [-0.39, 0.29) is 11.6 Å². The summed E-state index contributed by atoms with van der Waals surface area (Å²) < 4.78 is 4.66. The van der Waals surface area contributed by atoms with Crippen molar-refractivity contribution < 1.29 is 14.3 Å². The molecule has 5 heteroatoms. The predicted octanol–water partition coefficient (Wildman–Crippen LogP) is 1.74. The van der Waals surface area contributed by atoms with E-state index in [9.17, 15) is 9.59 Å². The third-order valence-electron chi connectivity index (χ3n) is 3.36. The summed E-state index contributed by atoms with van der Waals surface area (Å²) in [5.74, 6) is -0.218. The molecule has 1 unspecified atom stereocenters. The van der Waals surface area contributed by atoms with Gasteiger partial charge in [-0.15, -0.1) is 0 Å². The molecule has 2 heterocycles. The summed E-state index contributed by atoms with van der Waals surface area (Å²) in [5, 5.41) is 0. The highest BCUT2D eigenvalue weighted by Crippen LogP contribution is 2.19. The molecule has 102 valence electrons. The summed E-state index contributed by atoms with van der Waals surface area (Å²) in [6, 6.07) is 3.29. The second kappa shape index (κ2) is 5.82. The fourth-order valence-corrected chi connectivity index (χ4v) is 2.38. The number of nitrogens with zero attached hydrogens (tertiary/aromatic N) is 2. The topological polar surface area (TPSA) is 59.5 Å². The number of aromatic nitrogens is 1. The molecule has 0 aliphatic carbocycles. The molecule has 1 aromatic rings. The second-order valence-corrected chi connectivity index (χ2v) is 4.89. The van der Waals surface area contributed by atoms with Gasteiger partial charge in [-0.2, -0.15) is 0 Å². The first-order valence-electron chi connectivity index (χ1n) is 6.46. The Labute approximate surface area is 112 Å². The number of esters is 1. The van der Waals surface area contributed by atoms with Gasteiger partial charge in [0, 0.05) is 19.3 Å². The zero-order chi connectivity index (χ0) is 13.8. The minimum atomic E-state index is -0.575. The van der Waals surface area contributed by atoms with Crippen molar-refractivity contribution in [3.8, 4) is 0 Å². The van der Waals surface area contributed by atoms with Gasteiger partial charge in [0.25, 0.3) is 5.91 Å². The Morgan fingerprint density at radius 3 is 2.95 bits per heavy atom. The highest BCUT2D eigenvalue weighted by molar-refractivity contribution is 6.04. The first-order chi connectivity index (χ1) is 9.13. The first kappa shape index (κ1) is 13.5. The number of carbonyl (C=O) groups excluding carboxylic acids is 2. The van der Waals surface area contributed by atoms with Crippen molar-refractivity contribution in [3.05, 3.63) is 29.6 Å². The Morgan fingerprint density at radius 1 is 1.47 bits per heavy atom. The van der Waals surface area contributed by atoms with Gasteiger partial charge in [0.05, 0.1) is 12.7 Å². The first-order valence-corrected chi connectivity index (χ1v) is 6.46. The SMILES string of the molecule is COC(=O)c1ncccc1C(=O)N1CCCC(C)C1. The van der Waals surface area contributed by atoms with Gasteiger partial charge in [0.1, 0.15) is 0 Å². The smallest absolute Gasteiger partial charge is 0.357 e. The molecule has 19 heavy (non-hydrogen) atoms. The monoisotopic (exact) mass is 262 g/mol. The van der Waals surface area contributed by atoms with Crippen LogP contribution < -0.4 is 0 Å². The van der Waals surface area contributed by atoms with E-state index in [0.717, 1.165) is 25.9 Å². The van der Waals surface area contributed by atoms with Gasteiger partial charge in [-0.05, 0) is 30.9 Å². The van der Waals surface area contributed by atoms with Gasteiger partial charge in [-0.25, -0.2) is 9.78 Å². The Balaban J connectivity index is 2.26. The Kier molecular flexibility index (Phi) is 4.14. The number of carbonyl (C=O) groups is 2. The van der Waals surface area contributed by atoms with Crippen LogP contribution in [-0.2, 0) is 4.74 Å². The Morgan fingerprint density at radius 2 is 2.26 bits per heavy atom. The lowest BCUT2D eigenvalue weighted by Crippen LogP contribution is -2.39. The predicted molar refractivity (Wildman–Crippen MR) is 69.9 cm³/mol. The number of pyridine rings is 1. The zero-order valence-electron chi connectivity index (χ0n) is 11.3. The molecular weight excluding hydrogens is 244 g/mol. The molecule has 1 atom stereocenters. The van der Waals surface area contributed by atoms with Crippen LogP contribution in [0.2, 0.25) is 0 Å². The molecule has 1 aliphatic rings. The maximum absolute atomic E-state index is 12.5. The summed E-state index contributed by atoms with van der Waals surface area (Å²) >= 11 is 0. The van der Waals surface area contributed by atoms with Crippen LogP contribution in [0, 0.1) is 5.92 Å². The summed E-state index contributed by atoms with van der Waals surface area (Å²) in [6.45, 7) is 3.59. The van der Waals surface area contributed by atoms with Crippen LogP contribution in [0.4, 0.5) is 0 Å². The van der Waals surface area contributed by atoms with Crippen molar-refractivity contribution in [1.82, 2.24) is 9.88 Å². The van der Waals surface area contributed by atoms with Gasteiger partial charge in [0.15, 0.2) is 5.69 Å². The van der Waals surface area contributed by atoms with E-state index in [0.29, 0.717) is 11.5 Å². The van der Waals surface area contributed by atoms with Crippen molar-refractivity contribution in [2.24, 2.45) is 5.92 Å². The van der Waals surface area contributed by atoms with Crippen LogP contribution in [0.1, 0.15) is 40.6 Å². The summed E-state index contributed by atoms with van der Waals surface area (Å²) in [6.07, 6.45) is 3.63. The lowest BCUT2D eigenvalue weighted by molar-refractivity contribution is 0.0576. The maximum atomic E-state index is 12.5. The molecule has 0 saturated carbocycles. The molecule has 0 bridgehead atoms. The Hall–Kier alpha value is -1.91. The fraction of sp³-hybridized carbons (Fsp3) is 0.500. The lowest BCUT2D eigenvalue weighted by atomic mass is 9.99. The minimum Gasteiger partial charge on any atom is -0.464 e. The van der Waals surface area contributed by atoms with Gasteiger partial charge < -0.3 is 9.64 Å². The number of ether oxygens (including phenoxy) is 1. The average molecular weight is 262 g/mol. The lowest BCUT2D eigenvalue weighted by Gasteiger charge is -2.31. The number of piperidine rings is 1. The molecular formula is C14H18N2O3. The molecule has 1 amide bonds. The van der Waals surface area contributed by atoms with Gasteiger partial charge in [0.2, 0.25) is 0 Å². The number of rotatable bonds is 2. The average Bonchev–Trinajstić information content (AvgIpc) is 2.45. The van der Waals surface area contributed by atoms with Crippen LogP contribution in [0.3, 0.4) is 0 Å². The number of hydrogen-bond donors (Lipinski definition) is 0. The van der Waals surface area contributed by atoms with E-state index in [1.807, 2.05) is 0 Å². The molecule has 0 spiro atoms. The number of likely N-dealkylation sites (tertiary alicyclic amines) is 1. The molecule has 1 saturated heterocycles. The number of methoxy groups -OCH3 is 1. The molecule has 1 aromatic heterocycles. The van der Waals surface area contributed by atoms with Crippen molar-refractivity contribution in [2.45, 2.75) is 19.8 Å². The number of hydrogen-bond acceptors (Lipinski definition) is 4. The van der Waals surface area contributed by atoms with E-state index in [1.54, 1.807) is 17.0 Å². The normalized spacial score (nSPS) is 19.1. The summed E-state index contributed by atoms with van der Waals surface area (Å²) in [7, 11) is 1.29. The zero-order valence-corrected chi connectivity index (χ0v) is 11.3. The van der Waals surface area contributed by atoms with E-state index in [2.05, 4.69) is 16.6 Å². The molecule has 0 N–H and O–H groups in total. The van der Waals surface area contributed by atoms with Crippen LogP contribution in [0.25, 0.3) is 0 Å². The summed E-state index contributed by atoms with van der Waals surface area (Å²) in [4.78, 5) is 29.8. The second-order valence-electron chi connectivity index (χ2n) is 4.89. The van der Waals surface area contributed by atoms with E-state index in [1.165, 1.54) is 13.3 Å². The molecule has 0 radical (unpaired) electrons. The minimum absolute atomic E-state index is 0.0910. The van der Waals surface area contributed by atoms with E-state index >= 15 is 0 Å². The molecule has 1 aliphatic heterocycles. The van der Waals surface area contributed by atoms with Gasteiger partial charge in [-0.1, -0.05) is 6.92 Å². The fourth-order valence-electron chi connectivity index (χ4n) is 2.38. The highest BCUT2D eigenvalue weighted by Gasteiger charge is 2.26. The molecule has 5 nitrogen and oxygen atoms in total.